The van der Waals surface area contributed by atoms with Crippen LogP contribution in [0.15, 0.2) is 12.4 Å². The second-order valence-corrected chi connectivity index (χ2v) is 3.94. The van der Waals surface area contributed by atoms with Gasteiger partial charge in [0, 0.05) is 45.0 Å². The lowest BCUT2D eigenvalue weighted by Gasteiger charge is -2.18. The van der Waals surface area contributed by atoms with Crippen molar-refractivity contribution in [1.29, 1.82) is 0 Å². The highest BCUT2D eigenvalue weighted by atomic mass is 15.1. The fraction of sp³-hybridized carbons (Fsp3) is 0.700. The number of nitrogens with two attached hydrogens (primary N) is 1. The van der Waals surface area contributed by atoms with Crippen molar-refractivity contribution < 1.29 is 0 Å². The average Bonchev–Trinajstić information content (AvgIpc) is 2.46. The predicted molar refractivity (Wildman–Crippen MR) is 58.1 cm³/mol. The standard InChI is InChI=1S/C10H20N4/c1-9(11)8-13(2)6-4-10-12-5-7-14(10)3/h5,7,9H,4,6,8,11H2,1-3H3. The van der Waals surface area contributed by atoms with Gasteiger partial charge in [0.1, 0.15) is 5.82 Å². The minimum absolute atomic E-state index is 0.237. The lowest BCUT2D eigenvalue weighted by atomic mass is 10.3. The van der Waals surface area contributed by atoms with Crippen LogP contribution in [0.25, 0.3) is 0 Å². The van der Waals surface area contributed by atoms with E-state index in [9.17, 15) is 0 Å². The van der Waals surface area contributed by atoms with E-state index in [4.69, 9.17) is 5.73 Å². The molecule has 4 heteroatoms. The highest BCUT2D eigenvalue weighted by molar-refractivity contribution is 4.91. The average molecular weight is 196 g/mol. The molecule has 0 aromatic carbocycles. The Kier molecular flexibility index (Phi) is 4.10. The van der Waals surface area contributed by atoms with Crippen LogP contribution in [0.4, 0.5) is 0 Å². The molecule has 0 saturated carbocycles. The minimum Gasteiger partial charge on any atom is -0.338 e. The summed E-state index contributed by atoms with van der Waals surface area (Å²) in [6.45, 7) is 3.97. The zero-order valence-corrected chi connectivity index (χ0v) is 9.27. The summed E-state index contributed by atoms with van der Waals surface area (Å²) >= 11 is 0. The Morgan fingerprint density at radius 3 is 2.86 bits per heavy atom. The quantitative estimate of drug-likeness (QED) is 0.734. The van der Waals surface area contributed by atoms with E-state index in [1.165, 1.54) is 0 Å². The Morgan fingerprint density at radius 1 is 1.64 bits per heavy atom. The lowest BCUT2D eigenvalue weighted by molar-refractivity contribution is 0.318. The molecule has 0 radical (unpaired) electrons. The zero-order chi connectivity index (χ0) is 10.6. The molecule has 0 amide bonds. The first-order chi connectivity index (χ1) is 6.59. The van der Waals surface area contributed by atoms with Crippen LogP contribution in [0, 0.1) is 0 Å². The minimum atomic E-state index is 0.237. The van der Waals surface area contributed by atoms with E-state index in [1.807, 2.05) is 26.4 Å². The monoisotopic (exact) mass is 196 g/mol. The molecule has 1 unspecified atom stereocenters. The van der Waals surface area contributed by atoms with Crippen molar-refractivity contribution in [3.63, 3.8) is 0 Å². The van der Waals surface area contributed by atoms with Crippen LogP contribution in [0.1, 0.15) is 12.7 Å². The summed E-state index contributed by atoms with van der Waals surface area (Å²) < 4.78 is 2.06. The third-order valence-electron chi connectivity index (χ3n) is 2.24. The molecule has 1 aromatic rings. The number of likely N-dealkylation sites (N-methyl/N-ethyl adjacent to an activating group) is 1. The number of hydrogen-bond donors (Lipinski definition) is 1. The van der Waals surface area contributed by atoms with Crippen LogP contribution in [0.2, 0.25) is 0 Å². The summed E-state index contributed by atoms with van der Waals surface area (Å²) in [6.07, 6.45) is 4.79. The number of nitrogens with zero attached hydrogens (tertiary/aromatic N) is 3. The van der Waals surface area contributed by atoms with Gasteiger partial charge in [-0.15, -0.1) is 0 Å². The first-order valence-electron chi connectivity index (χ1n) is 5.00. The molecule has 1 atom stereocenters. The smallest absolute Gasteiger partial charge is 0.109 e. The van der Waals surface area contributed by atoms with Crippen molar-refractivity contribution in [3.8, 4) is 0 Å². The van der Waals surface area contributed by atoms with Gasteiger partial charge in [-0.3, -0.25) is 0 Å². The van der Waals surface area contributed by atoms with Gasteiger partial charge in [0.05, 0.1) is 0 Å². The van der Waals surface area contributed by atoms with E-state index >= 15 is 0 Å². The summed E-state index contributed by atoms with van der Waals surface area (Å²) in [5, 5.41) is 0. The number of hydrogen-bond acceptors (Lipinski definition) is 3. The van der Waals surface area contributed by atoms with Gasteiger partial charge in [0.15, 0.2) is 0 Å². The van der Waals surface area contributed by atoms with Gasteiger partial charge >= 0.3 is 0 Å². The Balaban J connectivity index is 2.30. The summed E-state index contributed by atoms with van der Waals surface area (Å²) in [6, 6.07) is 0.237. The summed E-state index contributed by atoms with van der Waals surface area (Å²) in [4.78, 5) is 6.51. The van der Waals surface area contributed by atoms with Crippen molar-refractivity contribution in [2.45, 2.75) is 19.4 Å². The Morgan fingerprint density at radius 2 is 2.36 bits per heavy atom. The Labute approximate surface area is 85.7 Å². The van der Waals surface area contributed by atoms with Crippen molar-refractivity contribution >= 4 is 0 Å². The number of imidazole rings is 1. The van der Waals surface area contributed by atoms with E-state index < -0.39 is 0 Å². The largest absolute Gasteiger partial charge is 0.338 e. The maximum atomic E-state index is 5.71. The molecule has 1 rings (SSSR count). The summed E-state index contributed by atoms with van der Waals surface area (Å²) in [7, 11) is 4.11. The highest BCUT2D eigenvalue weighted by Gasteiger charge is 2.04. The fourth-order valence-corrected chi connectivity index (χ4v) is 1.51. The summed E-state index contributed by atoms with van der Waals surface area (Å²) in [5.74, 6) is 1.13. The molecule has 1 heterocycles. The third kappa shape index (κ3) is 3.47. The van der Waals surface area contributed by atoms with Gasteiger partial charge in [-0.25, -0.2) is 4.98 Å². The van der Waals surface area contributed by atoms with Gasteiger partial charge < -0.3 is 15.2 Å². The normalized spacial score (nSPS) is 13.5. The first-order valence-corrected chi connectivity index (χ1v) is 5.00. The van der Waals surface area contributed by atoms with Gasteiger partial charge in [0.2, 0.25) is 0 Å². The molecule has 0 bridgehead atoms. The molecule has 4 nitrogen and oxygen atoms in total. The van der Waals surface area contributed by atoms with Crippen LogP contribution in [0.5, 0.6) is 0 Å². The molecule has 2 N–H and O–H groups in total. The third-order valence-corrected chi connectivity index (χ3v) is 2.24. The molecule has 80 valence electrons. The van der Waals surface area contributed by atoms with Crippen LogP contribution < -0.4 is 5.73 Å². The molecular formula is C10H20N4. The Bertz CT molecular complexity index is 267. The molecular weight excluding hydrogens is 176 g/mol. The van der Waals surface area contributed by atoms with Gasteiger partial charge in [-0.1, -0.05) is 0 Å². The number of aryl methyl sites for hydroxylation is 1. The van der Waals surface area contributed by atoms with E-state index in [-0.39, 0.29) is 6.04 Å². The van der Waals surface area contributed by atoms with Crippen molar-refractivity contribution in [2.75, 3.05) is 20.1 Å². The SMILES string of the molecule is CC(N)CN(C)CCc1nccn1C. The number of rotatable bonds is 5. The van der Waals surface area contributed by atoms with Crippen molar-refractivity contribution in [3.05, 3.63) is 18.2 Å². The second kappa shape index (κ2) is 5.12. The van der Waals surface area contributed by atoms with Crippen LogP contribution in [-0.2, 0) is 13.5 Å². The predicted octanol–water partition coefficient (Wildman–Crippen LogP) is 0.242. The van der Waals surface area contributed by atoms with E-state index in [1.54, 1.807) is 0 Å². The second-order valence-electron chi connectivity index (χ2n) is 3.94. The maximum absolute atomic E-state index is 5.71. The first kappa shape index (κ1) is 11.2. The lowest BCUT2D eigenvalue weighted by Crippen LogP contribution is -2.34. The molecule has 0 fully saturated rings. The van der Waals surface area contributed by atoms with Crippen LogP contribution >= 0.6 is 0 Å². The molecule has 14 heavy (non-hydrogen) atoms. The number of aromatic nitrogens is 2. The van der Waals surface area contributed by atoms with Gasteiger partial charge in [-0.05, 0) is 14.0 Å². The van der Waals surface area contributed by atoms with E-state index in [0.717, 1.165) is 25.3 Å². The topological polar surface area (TPSA) is 47.1 Å². The zero-order valence-electron chi connectivity index (χ0n) is 9.27. The maximum Gasteiger partial charge on any atom is 0.109 e. The van der Waals surface area contributed by atoms with Crippen LogP contribution in [0.3, 0.4) is 0 Å². The van der Waals surface area contributed by atoms with Gasteiger partial charge in [-0.2, -0.15) is 0 Å². The molecule has 0 aliphatic carbocycles. The van der Waals surface area contributed by atoms with Crippen molar-refractivity contribution in [2.24, 2.45) is 12.8 Å². The van der Waals surface area contributed by atoms with E-state index in [0.29, 0.717) is 0 Å². The molecule has 1 aromatic heterocycles. The molecule has 0 saturated heterocycles. The van der Waals surface area contributed by atoms with E-state index in [2.05, 4.69) is 21.5 Å². The summed E-state index contributed by atoms with van der Waals surface area (Å²) in [5.41, 5.74) is 5.71. The van der Waals surface area contributed by atoms with Crippen molar-refractivity contribution in [1.82, 2.24) is 14.5 Å². The highest BCUT2D eigenvalue weighted by Crippen LogP contribution is 1.97. The molecule has 0 aliphatic heterocycles. The molecule has 0 spiro atoms. The fourth-order valence-electron chi connectivity index (χ4n) is 1.51. The Hall–Kier alpha value is -0.870. The van der Waals surface area contributed by atoms with Crippen LogP contribution in [-0.4, -0.2) is 40.6 Å². The molecule has 0 aliphatic rings. The van der Waals surface area contributed by atoms with Gasteiger partial charge in [0.25, 0.3) is 0 Å².